The highest BCUT2D eigenvalue weighted by Crippen LogP contribution is 2.32. The Bertz CT molecular complexity index is 592. The number of hydrogen-bond acceptors (Lipinski definition) is 4. The van der Waals surface area contributed by atoms with Crippen molar-refractivity contribution in [2.24, 2.45) is 11.8 Å². The molecule has 0 spiro atoms. The van der Waals surface area contributed by atoms with E-state index in [1.165, 1.54) is 0 Å². The molecule has 1 aromatic rings. The van der Waals surface area contributed by atoms with E-state index in [0.717, 1.165) is 62.7 Å². The van der Waals surface area contributed by atoms with Gasteiger partial charge >= 0.3 is 0 Å². The second-order valence-corrected chi connectivity index (χ2v) is 10.3. The Balaban J connectivity index is 1.46. The lowest BCUT2D eigenvalue weighted by molar-refractivity contribution is -0.121. The second kappa shape index (κ2) is 10.6. The summed E-state index contributed by atoms with van der Waals surface area (Å²) in [5.41, 5.74) is 1.60. The zero-order valence-corrected chi connectivity index (χ0v) is 18.5. The van der Waals surface area contributed by atoms with Gasteiger partial charge in [-0.25, -0.2) is 0 Å². The lowest BCUT2D eigenvalue weighted by Gasteiger charge is -2.27. The average molecular weight is 421 g/mol. The molecular formula is C22H32N2O2S2. The number of carbonyl (C=O) groups is 2. The van der Waals surface area contributed by atoms with E-state index in [0.29, 0.717) is 10.5 Å². The summed E-state index contributed by atoms with van der Waals surface area (Å²) in [4.78, 5) is 25.0. The maximum atomic E-state index is 12.5. The van der Waals surface area contributed by atoms with E-state index >= 15 is 0 Å². The van der Waals surface area contributed by atoms with Crippen LogP contribution < -0.4 is 10.6 Å². The van der Waals surface area contributed by atoms with Crippen LogP contribution in [0.4, 0.5) is 11.4 Å². The summed E-state index contributed by atoms with van der Waals surface area (Å²) in [5, 5.41) is 7.50. The third kappa shape index (κ3) is 5.93. The fourth-order valence-electron chi connectivity index (χ4n) is 4.25. The van der Waals surface area contributed by atoms with E-state index in [-0.39, 0.29) is 23.7 Å². The van der Waals surface area contributed by atoms with Gasteiger partial charge in [0.05, 0.1) is 0 Å². The van der Waals surface area contributed by atoms with Crippen molar-refractivity contribution in [2.75, 3.05) is 23.1 Å². The lowest BCUT2D eigenvalue weighted by Crippen LogP contribution is -2.28. The van der Waals surface area contributed by atoms with Gasteiger partial charge in [-0.15, -0.1) is 0 Å². The molecule has 2 aliphatic rings. The number of rotatable bonds is 6. The van der Waals surface area contributed by atoms with Crippen molar-refractivity contribution in [2.45, 2.75) is 61.9 Å². The fourth-order valence-corrected chi connectivity index (χ4v) is 5.73. The summed E-state index contributed by atoms with van der Waals surface area (Å²) in [5.74, 6) is 0.502. The second-order valence-electron chi connectivity index (χ2n) is 7.97. The van der Waals surface area contributed by atoms with Crippen LogP contribution in [0.2, 0.25) is 0 Å². The molecule has 1 aromatic carbocycles. The molecule has 4 nitrogen and oxygen atoms in total. The number of benzene rings is 1. The van der Waals surface area contributed by atoms with Crippen molar-refractivity contribution in [1.29, 1.82) is 0 Å². The number of thioether (sulfide) groups is 2. The van der Waals surface area contributed by atoms with Gasteiger partial charge in [0.2, 0.25) is 11.8 Å². The van der Waals surface area contributed by atoms with Crippen LogP contribution in [0.1, 0.15) is 51.4 Å². The molecule has 0 heterocycles. The van der Waals surface area contributed by atoms with Crippen LogP contribution in [0.3, 0.4) is 0 Å². The van der Waals surface area contributed by atoms with Gasteiger partial charge in [-0.05, 0) is 88.1 Å². The molecule has 0 atom stereocenters. The van der Waals surface area contributed by atoms with Crippen LogP contribution >= 0.6 is 23.5 Å². The molecule has 2 saturated carbocycles. The van der Waals surface area contributed by atoms with E-state index in [4.69, 9.17) is 0 Å². The molecule has 0 bridgehead atoms. The molecule has 0 unspecified atom stereocenters. The van der Waals surface area contributed by atoms with E-state index in [1.54, 1.807) is 0 Å². The maximum Gasteiger partial charge on any atom is 0.227 e. The Hall–Kier alpha value is -1.14. The van der Waals surface area contributed by atoms with Crippen molar-refractivity contribution in [1.82, 2.24) is 0 Å². The predicted molar refractivity (Wildman–Crippen MR) is 122 cm³/mol. The van der Waals surface area contributed by atoms with Gasteiger partial charge in [-0.1, -0.05) is 0 Å². The Labute approximate surface area is 177 Å². The first-order valence-corrected chi connectivity index (χ1v) is 12.9. The quantitative estimate of drug-likeness (QED) is 0.646. The first-order valence-electron chi connectivity index (χ1n) is 10.4. The molecule has 2 N–H and O–H groups in total. The Morgan fingerprint density at radius 2 is 1.00 bits per heavy atom. The van der Waals surface area contributed by atoms with Gasteiger partial charge in [0.25, 0.3) is 0 Å². The van der Waals surface area contributed by atoms with Crippen molar-refractivity contribution in [3.8, 4) is 0 Å². The summed E-state index contributed by atoms with van der Waals surface area (Å²) >= 11 is 3.83. The molecule has 3 rings (SSSR count). The standard InChI is InChI=1S/C22H32N2O2S2/c1-27-19-11-3-15(4-12-19)21(25)23-17-7-9-18(10-8-17)24-22(26)16-5-13-20(28-2)14-6-16/h7-10,15-16,19-20H,3-6,11-14H2,1-2H3,(H,23,25)(H,24,26). The summed E-state index contributed by atoms with van der Waals surface area (Å²) in [6, 6.07) is 7.52. The molecule has 28 heavy (non-hydrogen) atoms. The van der Waals surface area contributed by atoms with Crippen molar-refractivity contribution >= 4 is 46.7 Å². The SMILES string of the molecule is CSC1CCC(C(=O)Nc2ccc(NC(=O)C3CCC(SC)CC3)cc2)CC1. The van der Waals surface area contributed by atoms with Gasteiger partial charge in [-0.2, -0.15) is 23.5 Å². The molecule has 2 amide bonds. The smallest absolute Gasteiger partial charge is 0.227 e. The van der Waals surface area contributed by atoms with Crippen molar-refractivity contribution in [3.63, 3.8) is 0 Å². The van der Waals surface area contributed by atoms with Crippen LogP contribution in [-0.4, -0.2) is 34.8 Å². The highest BCUT2D eigenvalue weighted by Gasteiger charge is 2.27. The molecule has 154 valence electrons. The topological polar surface area (TPSA) is 58.2 Å². The van der Waals surface area contributed by atoms with Gasteiger partial charge in [0.1, 0.15) is 0 Å². The Morgan fingerprint density at radius 1 is 0.679 bits per heavy atom. The fraction of sp³-hybridized carbons (Fsp3) is 0.636. The minimum absolute atomic E-state index is 0.124. The van der Waals surface area contributed by atoms with Crippen LogP contribution in [0.15, 0.2) is 24.3 Å². The third-order valence-corrected chi connectivity index (χ3v) is 8.45. The van der Waals surface area contributed by atoms with Crippen LogP contribution in [0.25, 0.3) is 0 Å². The normalized spacial score (nSPS) is 27.8. The first kappa shape index (κ1) is 21.6. The molecule has 0 radical (unpaired) electrons. The van der Waals surface area contributed by atoms with E-state index in [2.05, 4.69) is 23.1 Å². The molecule has 0 aliphatic heterocycles. The highest BCUT2D eigenvalue weighted by molar-refractivity contribution is 7.99. The van der Waals surface area contributed by atoms with Crippen molar-refractivity contribution in [3.05, 3.63) is 24.3 Å². The van der Waals surface area contributed by atoms with Gasteiger partial charge in [-0.3, -0.25) is 9.59 Å². The monoisotopic (exact) mass is 420 g/mol. The highest BCUT2D eigenvalue weighted by atomic mass is 32.2. The summed E-state index contributed by atoms with van der Waals surface area (Å²) in [6.07, 6.45) is 12.7. The minimum Gasteiger partial charge on any atom is -0.326 e. The Kier molecular flexibility index (Phi) is 8.15. The number of carbonyl (C=O) groups excluding carboxylic acids is 2. The molecule has 2 fully saturated rings. The maximum absolute atomic E-state index is 12.5. The van der Waals surface area contributed by atoms with Crippen molar-refractivity contribution < 1.29 is 9.59 Å². The third-order valence-electron chi connectivity index (χ3n) is 6.18. The molecule has 0 aromatic heterocycles. The lowest BCUT2D eigenvalue weighted by atomic mass is 9.88. The van der Waals surface area contributed by atoms with Crippen LogP contribution in [-0.2, 0) is 9.59 Å². The summed E-state index contributed by atoms with van der Waals surface area (Å²) in [7, 11) is 0. The molecule has 2 aliphatic carbocycles. The number of anilines is 2. The Morgan fingerprint density at radius 3 is 1.29 bits per heavy atom. The summed E-state index contributed by atoms with van der Waals surface area (Å²) in [6.45, 7) is 0. The number of amides is 2. The zero-order valence-electron chi connectivity index (χ0n) is 16.9. The predicted octanol–water partition coefficient (Wildman–Crippen LogP) is 5.41. The van der Waals surface area contributed by atoms with Gasteiger partial charge < -0.3 is 10.6 Å². The zero-order chi connectivity index (χ0) is 19.9. The first-order chi connectivity index (χ1) is 13.6. The van der Waals surface area contributed by atoms with E-state index in [9.17, 15) is 9.59 Å². The van der Waals surface area contributed by atoms with E-state index in [1.807, 2.05) is 47.8 Å². The van der Waals surface area contributed by atoms with Gasteiger partial charge in [0, 0.05) is 33.7 Å². The van der Waals surface area contributed by atoms with E-state index < -0.39 is 0 Å². The molecule has 6 heteroatoms. The minimum atomic E-state index is 0.124. The van der Waals surface area contributed by atoms with Gasteiger partial charge in [0.15, 0.2) is 0 Å². The van der Waals surface area contributed by atoms with Crippen LogP contribution in [0, 0.1) is 11.8 Å². The molecular weight excluding hydrogens is 388 g/mol. The van der Waals surface area contributed by atoms with Crippen LogP contribution in [0.5, 0.6) is 0 Å². The number of hydrogen-bond donors (Lipinski definition) is 2. The number of nitrogens with one attached hydrogen (secondary N) is 2. The largest absolute Gasteiger partial charge is 0.326 e. The average Bonchev–Trinajstić information content (AvgIpc) is 2.75. The summed E-state index contributed by atoms with van der Waals surface area (Å²) < 4.78 is 0. The molecule has 0 saturated heterocycles.